The second-order valence-electron chi connectivity index (χ2n) is 9.11. The molecule has 39 heavy (non-hydrogen) atoms. The molecule has 2 heterocycles. The van der Waals surface area contributed by atoms with Gasteiger partial charge in [0.15, 0.2) is 5.82 Å². The van der Waals surface area contributed by atoms with Crippen LogP contribution in [0.4, 0.5) is 15.0 Å². The summed E-state index contributed by atoms with van der Waals surface area (Å²) >= 11 is 6.18. The molecule has 4 aromatic rings. The normalized spacial score (nSPS) is 14.2. The van der Waals surface area contributed by atoms with Crippen molar-refractivity contribution in [1.29, 1.82) is 5.26 Å². The van der Waals surface area contributed by atoms with E-state index in [4.69, 9.17) is 16.3 Å². The maximum atomic E-state index is 14.9. The third-order valence-electron chi connectivity index (χ3n) is 6.69. The van der Waals surface area contributed by atoms with Gasteiger partial charge in [0.1, 0.15) is 23.6 Å². The van der Waals surface area contributed by atoms with Gasteiger partial charge >= 0.3 is 12.1 Å². The maximum absolute atomic E-state index is 14.9. The highest BCUT2D eigenvalue weighted by Crippen LogP contribution is 2.49. The van der Waals surface area contributed by atoms with Gasteiger partial charge in [-0.25, -0.2) is 13.9 Å². The van der Waals surface area contributed by atoms with Crippen LogP contribution in [0.5, 0.6) is 0 Å². The number of anilines is 1. The van der Waals surface area contributed by atoms with Crippen molar-refractivity contribution >= 4 is 29.5 Å². The Labute approximate surface area is 227 Å². The quantitative estimate of drug-likeness (QED) is 0.290. The van der Waals surface area contributed by atoms with Gasteiger partial charge in [-0.2, -0.15) is 10.4 Å². The van der Waals surface area contributed by atoms with Gasteiger partial charge in [0, 0.05) is 16.1 Å². The molecule has 0 bridgehead atoms. The zero-order chi connectivity index (χ0) is 27.7. The van der Waals surface area contributed by atoms with Crippen LogP contribution in [-0.2, 0) is 14.9 Å². The van der Waals surface area contributed by atoms with Gasteiger partial charge in [0.2, 0.25) is 0 Å². The van der Waals surface area contributed by atoms with Crippen molar-refractivity contribution in [2.75, 3.05) is 5.32 Å². The van der Waals surface area contributed by atoms with E-state index in [1.54, 1.807) is 49.4 Å². The Bertz CT molecular complexity index is 1630. The lowest BCUT2D eigenvalue weighted by molar-refractivity contribution is -0.140. The van der Waals surface area contributed by atoms with Crippen molar-refractivity contribution in [3.8, 4) is 23.0 Å². The predicted molar refractivity (Wildman–Crippen MR) is 140 cm³/mol. The van der Waals surface area contributed by atoms with Gasteiger partial charge in [0.05, 0.1) is 29.2 Å². The number of nitriles is 1. The highest BCUT2D eigenvalue weighted by molar-refractivity contribution is 6.31. The first-order valence-electron chi connectivity index (χ1n) is 11.9. The van der Waals surface area contributed by atoms with E-state index in [2.05, 4.69) is 15.4 Å². The third kappa shape index (κ3) is 4.92. The van der Waals surface area contributed by atoms with Crippen LogP contribution in [0.25, 0.3) is 16.9 Å². The Balaban J connectivity index is 1.36. The summed E-state index contributed by atoms with van der Waals surface area (Å²) in [5.41, 5.74) is 1.06. The molecule has 1 aliphatic rings. The molecule has 2 aromatic heterocycles. The zero-order valence-corrected chi connectivity index (χ0v) is 21.3. The molecule has 2 aromatic carbocycles. The van der Waals surface area contributed by atoms with Crippen LogP contribution in [0.1, 0.15) is 42.6 Å². The highest BCUT2D eigenvalue weighted by Gasteiger charge is 2.51. The number of ether oxygens (including phenoxy) is 1. The van der Waals surface area contributed by atoms with Crippen LogP contribution in [0.15, 0.2) is 67.0 Å². The van der Waals surface area contributed by atoms with E-state index in [0.29, 0.717) is 40.4 Å². The number of amides is 1. The third-order valence-corrected chi connectivity index (χ3v) is 7.03. The molecule has 2 N–H and O–H groups in total. The summed E-state index contributed by atoms with van der Waals surface area (Å²) in [6, 6.07) is 16.5. The number of nitrogens with one attached hydrogen (secondary N) is 1. The van der Waals surface area contributed by atoms with Crippen LogP contribution in [0.2, 0.25) is 5.02 Å². The molecular formula is C28H21ClFN5O4. The lowest BCUT2D eigenvalue weighted by Crippen LogP contribution is -2.19. The molecular weight excluding hydrogens is 525 g/mol. The van der Waals surface area contributed by atoms with E-state index in [1.165, 1.54) is 29.2 Å². The second-order valence-corrected chi connectivity index (χ2v) is 9.52. The number of hydrogen-bond acceptors (Lipinski definition) is 6. The average molecular weight is 546 g/mol. The molecule has 1 unspecified atom stereocenters. The Kier molecular flexibility index (Phi) is 6.76. The van der Waals surface area contributed by atoms with Crippen LogP contribution < -0.4 is 5.32 Å². The number of halogens is 2. The van der Waals surface area contributed by atoms with Crippen LogP contribution in [-0.4, -0.2) is 31.9 Å². The maximum Gasteiger partial charge on any atom is 0.413 e. The average Bonchev–Trinajstić information content (AvgIpc) is 3.65. The summed E-state index contributed by atoms with van der Waals surface area (Å²) < 4.78 is 21.7. The standard InChI is InChI=1S/C28H21ClFN5O4/c1-16(20-4-2-3-5-22(20)29)39-27(38)34-25-17(13-31)14-33-35(25)19-7-9-24(32-15-19)21-8-6-18(12-23(21)30)28(10-11-28)26(36)37/h2-9,12,14-16H,10-11H2,1H3,(H,34,38)(H,36,37). The lowest BCUT2D eigenvalue weighted by atomic mass is 9.94. The molecule has 0 saturated heterocycles. The number of pyridine rings is 1. The van der Waals surface area contributed by atoms with Gasteiger partial charge in [-0.3, -0.25) is 15.1 Å². The minimum atomic E-state index is -1.01. The molecule has 1 amide bonds. The number of benzene rings is 2. The number of rotatable bonds is 7. The summed E-state index contributed by atoms with van der Waals surface area (Å²) in [6.45, 7) is 1.67. The number of hydrogen-bond donors (Lipinski definition) is 2. The molecule has 0 aliphatic heterocycles. The monoisotopic (exact) mass is 545 g/mol. The van der Waals surface area contributed by atoms with Gasteiger partial charge in [0.25, 0.3) is 0 Å². The van der Waals surface area contributed by atoms with E-state index in [1.807, 2.05) is 6.07 Å². The van der Waals surface area contributed by atoms with Crippen LogP contribution in [0.3, 0.4) is 0 Å². The fourth-order valence-corrected chi connectivity index (χ4v) is 4.63. The van der Waals surface area contributed by atoms with Gasteiger partial charge in [-0.15, -0.1) is 0 Å². The van der Waals surface area contributed by atoms with Gasteiger partial charge in [-0.1, -0.05) is 35.9 Å². The summed E-state index contributed by atoms with van der Waals surface area (Å²) in [6.07, 6.45) is 2.18. The second kappa shape index (κ2) is 10.2. The first kappa shape index (κ1) is 25.9. The van der Waals surface area contributed by atoms with E-state index < -0.39 is 29.4 Å². The molecule has 1 atom stereocenters. The number of aromatic nitrogens is 3. The number of carboxylic acids is 1. The Morgan fingerprint density at radius 1 is 1.21 bits per heavy atom. The lowest BCUT2D eigenvalue weighted by Gasteiger charge is -2.16. The van der Waals surface area contributed by atoms with Crippen molar-refractivity contribution in [3.63, 3.8) is 0 Å². The molecule has 9 nitrogen and oxygen atoms in total. The first-order valence-corrected chi connectivity index (χ1v) is 12.3. The molecule has 1 fully saturated rings. The fraction of sp³-hybridized carbons (Fsp3) is 0.179. The fourth-order valence-electron chi connectivity index (χ4n) is 4.34. The topological polar surface area (TPSA) is 130 Å². The smallest absolute Gasteiger partial charge is 0.413 e. The number of carbonyl (C=O) groups is 2. The highest BCUT2D eigenvalue weighted by atomic mass is 35.5. The van der Waals surface area contributed by atoms with Crippen LogP contribution >= 0.6 is 11.6 Å². The Morgan fingerprint density at radius 2 is 1.97 bits per heavy atom. The van der Waals surface area contributed by atoms with Crippen molar-refractivity contribution in [1.82, 2.24) is 14.8 Å². The molecule has 0 spiro atoms. The van der Waals surface area contributed by atoms with Crippen molar-refractivity contribution < 1.29 is 23.8 Å². The van der Waals surface area contributed by atoms with Gasteiger partial charge < -0.3 is 9.84 Å². The zero-order valence-electron chi connectivity index (χ0n) is 20.6. The molecule has 196 valence electrons. The van der Waals surface area contributed by atoms with Crippen molar-refractivity contribution in [3.05, 3.63) is 94.5 Å². The molecule has 1 aliphatic carbocycles. The predicted octanol–water partition coefficient (Wildman–Crippen LogP) is 6.02. The number of carboxylic acid groups (broad SMARTS) is 1. The van der Waals surface area contributed by atoms with Crippen molar-refractivity contribution in [2.45, 2.75) is 31.3 Å². The van der Waals surface area contributed by atoms with E-state index in [0.717, 1.165) is 0 Å². The summed E-state index contributed by atoms with van der Waals surface area (Å²) in [7, 11) is 0. The number of carbonyl (C=O) groups excluding carboxylic acids is 1. The molecule has 5 rings (SSSR count). The summed E-state index contributed by atoms with van der Waals surface area (Å²) in [5.74, 6) is -1.47. The van der Waals surface area contributed by atoms with E-state index >= 15 is 0 Å². The molecule has 0 radical (unpaired) electrons. The first-order chi connectivity index (χ1) is 18.7. The molecule has 1 saturated carbocycles. The van der Waals surface area contributed by atoms with Gasteiger partial charge in [-0.05, 0) is 55.7 Å². The summed E-state index contributed by atoms with van der Waals surface area (Å²) in [5, 5.41) is 26.2. The Morgan fingerprint density at radius 3 is 2.59 bits per heavy atom. The number of aliphatic carboxylic acids is 1. The summed E-state index contributed by atoms with van der Waals surface area (Å²) in [4.78, 5) is 28.5. The van der Waals surface area contributed by atoms with E-state index in [9.17, 15) is 24.3 Å². The minimum absolute atomic E-state index is 0.0716. The minimum Gasteiger partial charge on any atom is -0.481 e. The SMILES string of the molecule is CC(OC(=O)Nc1c(C#N)cnn1-c1ccc(-c2ccc(C3(C(=O)O)CC3)cc2F)nc1)c1ccccc1Cl. The number of nitrogens with zero attached hydrogens (tertiary/aromatic N) is 4. The van der Waals surface area contributed by atoms with Crippen molar-refractivity contribution in [2.24, 2.45) is 0 Å². The largest absolute Gasteiger partial charge is 0.481 e. The Hall–Kier alpha value is -4.75. The van der Waals surface area contributed by atoms with Crippen LogP contribution in [0, 0.1) is 17.1 Å². The van der Waals surface area contributed by atoms with E-state index in [-0.39, 0.29) is 16.9 Å². The molecule has 11 heteroatoms.